The van der Waals surface area contributed by atoms with Gasteiger partial charge in [-0.05, 0) is 62.0 Å². The number of hydrogen-bond donors (Lipinski definition) is 1. The lowest BCUT2D eigenvalue weighted by atomic mass is 9.69. The summed E-state index contributed by atoms with van der Waals surface area (Å²) >= 11 is 0. The van der Waals surface area contributed by atoms with Crippen LogP contribution in [0.5, 0.6) is 0 Å². The molecule has 2 saturated carbocycles. The molecule has 2 aliphatic carbocycles. The van der Waals surface area contributed by atoms with E-state index in [1.807, 2.05) is 12.1 Å². The summed E-state index contributed by atoms with van der Waals surface area (Å²) in [6, 6.07) is 4.13. The molecule has 1 aliphatic heterocycles. The predicted octanol–water partition coefficient (Wildman–Crippen LogP) is 3.64. The van der Waals surface area contributed by atoms with Crippen LogP contribution >= 0.6 is 0 Å². The summed E-state index contributed by atoms with van der Waals surface area (Å²) in [5.41, 5.74) is 1.15. The van der Waals surface area contributed by atoms with Gasteiger partial charge in [0.05, 0.1) is 17.8 Å². The molecule has 5 heteroatoms. The smallest absolute Gasteiger partial charge is 0.253 e. The molecule has 5 atom stereocenters. The first kappa shape index (κ1) is 18.7. The highest BCUT2D eigenvalue weighted by Crippen LogP contribution is 2.65. The van der Waals surface area contributed by atoms with Crippen molar-refractivity contribution in [3.63, 3.8) is 0 Å². The molecule has 1 aromatic rings. The van der Waals surface area contributed by atoms with Crippen LogP contribution in [0.2, 0.25) is 0 Å². The van der Waals surface area contributed by atoms with E-state index in [0.717, 1.165) is 31.2 Å². The summed E-state index contributed by atoms with van der Waals surface area (Å²) in [6.07, 6.45) is 5.71. The number of nitrogens with zero attached hydrogens (tertiary/aromatic N) is 2. The minimum Gasteiger partial charge on any atom is -0.372 e. The number of hydrogen-bond acceptors (Lipinski definition) is 4. The third-order valence-electron chi connectivity index (χ3n) is 7.85. The number of rotatable bonds is 3. The van der Waals surface area contributed by atoms with E-state index >= 15 is 0 Å². The van der Waals surface area contributed by atoms with Crippen LogP contribution in [0.4, 0.5) is 5.82 Å². The Hall–Kier alpha value is -1.62. The Morgan fingerprint density at radius 3 is 2.44 bits per heavy atom. The van der Waals surface area contributed by atoms with Crippen LogP contribution in [0.1, 0.15) is 64.2 Å². The molecule has 1 aromatic heterocycles. The lowest BCUT2D eigenvalue weighted by Gasteiger charge is -2.39. The molecule has 27 heavy (non-hydrogen) atoms. The normalized spacial score (nSPS) is 37.4. The van der Waals surface area contributed by atoms with E-state index in [1.165, 1.54) is 12.8 Å². The minimum atomic E-state index is 0.00680. The van der Waals surface area contributed by atoms with Gasteiger partial charge in [0.1, 0.15) is 5.82 Å². The number of pyridine rings is 1. The molecular weight excluding hydrogens is 338 g/mol. The molecule has 0 aromatic carbocycles. The fraction of sp³-hybridized carbons (Fsp3) is 0.727. The molecule has 0 spiro atoms. The number of nitrogens with one attached hydrogen (secondary N) is 1. The minimum absolute atomic E-state index is 0.00680. The zero-order valence-corrected chi connectivity index (χ0v) is 17.3. The van der Waals surface area contributed by atoms with Crippen molar-refractivity contribution in [1.29, 1.82) is 0 Å². The maximum Gasteiger partial charge on any atom is 0.253 e. The van der Waals surface area contributed by atoms with Gasteiger partial charge in [0.25, 0.3) is 5.91 Å². The Morgan fingerprint density at radius 2 is 1.93 bits per heavy atom. The number of amides is 1. The average Bonchev–Trinajstić information content (AvgIpc) is 2.94. The van der Waals surface area contributed by atoms with Gasteiger partial charge < -0.3 is 15.0 Å². The number of morpholine rings is 1. The molecule has 1 saturated heterocycles. The summed E-state index contributed by atoms with van der Waals surface area (Å²) in [6.45, 7) is 12.9. The maximum absolute atomic E-state index is 12.8. The van der Waals surface area contributed by atoms with E-state index in [4.69, 9.17) is 4.74 Å². The predicted molar refractivity (Wildman–Crippen MR) is 107 cm³/mol. The lowest BCUT2D eigenvalue weighted by molar-refractivity contribution is -0.00546. The molecule has 4 rings (SSSR count). The first-order valence-corrected chi connectivity index (χ1v) is 10.4. The highest BCUT2D eigenvalue weighted by molar-refractivity contribution is 5.94. The summed E-state index contributed by atoms with van der Waals surface area (Å²) < 4.78 is 5.79. The molecule has 1 amide bonds. The first-order chi connectivity index (χ1) is 12.7. The SMILES string of the molecule is CC1CN(c2ccc(C(=O)NC3CC4CCC3(C)C4(C)C)cn2)CC(C)O1. The van der Waals surface area contributed by atoms with Crippen molar-refractivity contribution in [2.24, 2.45) is 16.7 Å². The molecule has 2 bridgehead atoms. The number of aromatic nitrogens is 1. The number of ether oxygens (including phenoxy) is 1. The van der Waals surface area contributed by atoms with Crippen molar-refractivity contribution >= 4 is 11.7 Å². The van der Waals surface area contributed by atoms with Crippen LogP contribution in [0.15, 0.2) is 18.3 Å². The molecular formula is C22H33N3O2. The van der Waals surface area contributed by atoms with Crippen molar-refractivity contribution in [1.82, 2.24) is 10.3 Å². The van der Waals surface area contributed by atoms with E-state index < -0.39 is 0 Å². The quantitative estimate of drug-likeness (QED) is 0.881. The summed E-state index contributed by atoms with van der Waals surface area (Å²) in [5, 5.41) is 3.32. The highest BCUT2D eigenvalue weighted by atomic mass is 16.5. The van der Waals surface area contributed by atoms with Crippen molar-refractivity contribution < 1.29 is 9.53 Å². The Bertz CT molecular complexity index is 707. The second-order valence-corrected chi connectivity index (χ2v) is 9.70. The molecule has 148 valence electrons. The number of carbonyl (C=O) groups excluding carboxylic acids is 1. The summed E-state index contributed by atoms with van der Waals surface area (Å²) in [5.74, 6) is 1.65. The second-order valence-electron chi connectivity index (χ2n) is 9.70. The van der Waals surface area contributed by atoms with Crippen LogP contribution in [-0.2, 0) is 4.74 Å². The second kappa shape index (κ2) is 6.47. The number of anilines is 1. The van der Waals surface area contributed by atoms with Gasteiger partial charge in [0, 0.05) is 25.3 Å². The van der Waals surface area contributed by atoms with Crippen molar-refractivity contribution in [3.8, 4) is 0 Å². The van der Waals surface area contributed by atoms with Gasteiger partial charge in [-0.25, -0.2) is 4.98 Å². The third-order valence-corrected chi connectivity index (χ3v) is 7.85. The zero-order chi connectivity index (χ0) is 19.4. The number of fused-ring (bicyclic) bond motifs is 2. The highest BCUT2D eigenvalue weighted by Gasteiger charge is 2.61. The fourth-order valence-electron chi connectivity index (χ4n) is 5.74. The van der Waals surface area contributed by atoms with Crippen LogP contribution in [-0.4, -0.2) is 42.2 Å². The lowest BCUT2D eigenvalue weighted by Crippen LogP contribution is -2.47. The van der Waals surface area contributed by atoms with Crippen LogP contribution in [0.3, 0.4) is 0 Å². The van der Waals surface area contributed by atoms with Crippen LogP contribution < -0.4 is 10.2 Å². The van der Waals surface area contributed by atoms with Gasteiger partial charge in [-0.1, -0.05) is 20.8 Å². The molecule has 1 N–H and O–H groups in total. The van der Waals surface area contributed by atoms with E-state index in [1.54, 1.807) is 6.20 Å². The van der Waals surface area contributed by atoms with Gasteiger partial charge in [0.2, 0.25) is 0 Å². The first-order valence-electron chi connectivity index (χ1n) is 10.4. The maximum atomic E-state index is 12.8. The number of carbonyl (C=O) groups is 1. The van der Waals surface area contributed by atoms with E-state index in [9.17, 15) is 4.79 Å². The van der Waals surface area contributed by atoms with Crippen LogP contribution in [0.25, 0.3) is 0 Å². The van der Waals surface area contributed by atoms with Gasteiger partial charge in [-0.2, -0.15) is 0 Å². The molecule has 3 fully saturated rings. The molecule has 2 heterocycles. The topological polar surface area (TPSA) is 54.5 Å². The van der Waals surface area contributed by atoms with Crippen molar-refractivity contribution in [2.45, 2.75) is 72.1 Å². The summed E-state index contributed by atoms with van der Waals surface area (Å²) in [7, 11) is 0. The zero-order valence-electron chi connectivity index (χ0n) is 17.3. The molecule has 5 nitrogen and oxygen atoms in total. The van der Waals surface area contributed by atoms with Gasteiger partial charge in [0.15, 0.2) is 0 Å². The monoisotopic (exact) mass is 371 g/mol. The Labute approximate surface area is 162 Å². The Balaban J connectivity index is 1.43. The Morgan fingerprint density at radius 1 is 1.22 bits per heavy atom. The van der Waals surface area contributed by atoms with Crippen molar-refractivity contribution in [2.75, 3.05) is 18.0 Å². The van der Waals surface area contributed by atoms with E-state index in [-0.39, 0.29) is 29.6 Å². The molecule has 5 unspecified atom stereocenters. The largest absolute Gasteiger partial charge is 0.372 e. The summed E-state index contributed by atoms with van der Waals surface area (Å²) in [4.78, 5) is 19.6. The van der Waals surface area contributed by atoms with E-state index in [0.29, 0.717) is 11.0 Å². The van der Waals surface area contributed by atoms with Crippen LogP contribution in [0, 0.1) is 16.7 Å². The third kappa shape index (κ3) is 3.04. The van der Waals surface area contributed by atoms with Crippen molar-refractivity contribution in [3.05, 3.63) is 23.9 Å². The molecule has 3 aliphatic rings. The van der Waals surface area contributed by atoms with Gasteiger partial charge in [-0.3, -0.25) is 4.79 Å². The van der Waals surface area contributed by atoms with Gasteiger partial charge in [-0.15, -0.1) is 0 Å². The fourth-order valence-corrected chi connectivity index (χ4v) is 5.74. The average molecular weight is 372 g/mol. The Kier molecular flexibility index (Phi) is 4.49. The van der Waals surface area contributed by atoms with E-state index in [2.05, 4.69) is 49.8 Å². The molecule has 0 radical (unpaired) electrons. The van der Waals surface area contributed by atoms with Gasteiger partial charge >= 0.3 is 0 Å². The standard InChI is InChI=1S/C22H33N3O2/c1-14-12-25(13-15(2)27-14)19-7-6-16(11-23-19)20(26)24-18-10-17-8-9-22(18,5)21(17,3)4/h6-7,11,14-15,17-18H,8-10,12-13H2,1-5H3,(H,24,26).